The zero-order valence-corrected chi connectivity index (χ0v) is 11.9. The summed E-state index contributed by atoms with van der Waals surface area (Å²) < 4.78 is 0. The molecule has 1 aliphatic heterocycles. The fourth-order valence-electron chi connectivity index (χ4n) is 3.06. The summed E-state index contributed by atoms with van der Waals surface area (Å²) >= 11 is 0. The summed E-state index contributed by atoms with van der Waals surface area (Å²) in [6.07, 6.45) is 4.01. The molecule has 0 amide bonds. The highest BCUT2D eigenvalue weighted by molar-refractivity contribution is 5.59. The van der Waals surface area contributed by atoms with Crippen molar-refractivity contribution in [2.45, 2.75) is 40.0 Å². The van der Waals surface area contributed by atoms with Crippen molar-refractivity contribution < 1.29 is 0 Å². The van der Waals surface area contributed by atoms with Crippen LogP contribution in [0.15, 0.2) is 18.2 Å². The Balaban J connectivity index is 2.10. The van der Waals surface area contributed by atoms with Gasteiger partial charge in [0.15, 0.2) is 0 Å². The van der Waals surface area contributed by atoms with Gasteiger partial charge in [-0.15, -0.1) is 0 Å². The molecule has 0 saturated carbocycles. The summed E-state index contributed by atoms with van der Waals surface area (Å²) in [5.74, 6) is 1.71. The van der Waals surface area contributed by atoms with Gasteiger partial charge in [0.25, 0.3) is 0 Å². The summed E-state index contributed by atoms with van der Waals surface area (Å²) in [4.78, 5) is 2.54. The number of nitrogens with two attached hydrogens (primary N) is 1. The third-order valence-corrected chi connectivity index (χ3v) is 4.28. The molecule has 1 heterocycles. The van der Waals surface area contributed by atoms with Crippen LogP contribution in [-0.2, 0) is 0 Å². The second-order valence-electron chi connectivity index (χ2n) is 5.97. The molecule has 1 saturated heterocycles. The van der Waals surface area contributed by atoms with Gasteiger partial charge in [0.1, 0.15) is 0 Å². The maximum Gasteiger partial charge on any atom is 0.0397 e. The molecule has 2 heteroatoms. The third-order valence-electron chi connectivity index (χ3n) is 4.28. The normalized spacial score (nSPS) is 21.1. The van der Waals surface area contributed by atoms with E-state index in [9.17, 15) is 0 Å². The molecule has 18 heavy (non-hydrogen) atoms. The first-order valence-corrected chi connectivity index (χ1v) is 7.19. The van der Waals surface area contributed by atoms with E-state index in [1.54, 1.807) is 0 Å². The van der Waals surface area contributed by atoms with Gasteiger partial charge in [0.05, 0.1) is 0 Å². The Morgan fingerprint density at radius 1 is 1.22 bits per heavy atom. The van der Waals surface area contributed by atoms with Gasteiger partial charge in [-0.05, 0) is 61.8 Å². The molecule has 1 aromatic rings. The van der Waals surface area contributed by atoms with Crippen LogP contribution in [0, 0.1) is 18.8 Å². The van der Waals surface area contributed by atoms with Crippen molar-refractivity contribution in [2.75, 3.05) is 23.7 Å². The van der Waals surface area contributed by atoms with Crippen LogP contribution in [-0.4, -0.2) is 13.1 Å². The quantitative estimate of drug-likeness (QED) is 0.803. The zero-order valence-electron chi connectivity index (χ0n) is 11.9. The van der Waals surface area contributed by atoms with Crippen LogP contribution < -0.4 is 10.6 Å². The van der Waals surface area contributed by atoms with Gasteiger partial charge >= 0.3 is 0 Å². The molecule has 1 unspecified atom stereocenters. The summed E-state index contributed by atoms with van der Waals surface area (Å²) in [5, 5.41) is 0. The first-order chi connectivity index (χ1) is 8.58. The maximum atomic E-state index is 5.83. The molecule has 0 spiro atoms. The fourth-order valence-corrected chi connectivity index (χ4v) is 3.06. The molecule has 1 aromatic carbocycles. The number of benzene rings is 1. The fraction of sp³-hybridized carbons (Fsp3) is 0.625. The number of rotatable bonds is 2. The van der Waals surface area contributed by atoms with Gasteiger partial charge in [-0.25, -0.2) is 0 Å². The van der Waals surface area contributed by atoms with Crippen molar-refractivity contribution in [1.82, 2.24) is 0 Å². The number of nitrogen functional groups attached to an aromatic ring is 1. The van der Waals surface area contributed by atoms with Crippen molar-refractivity contribution in [2.24, 2.45) is 11.8 Å². The van der Waals surface area contributed by atoms with Crippen molar-refractivity contribution >= 4 is 11.4 Å². The van der Waals surface area contributed by atoms with Crippen molar-refractivity contribution in [3.8, 4) is 0 Å². The lowest BCUT2D eigenvalue weighted by molar-refractivity contribution is 0.351. The Morgan fingerprint density at radius 2 is 2.00 bits per heavy atom. The Labute approximate surface area is 111 Å². The van der Waals surface area contributed by atoms with Crippen LogP contribution in [0.1, 0.15) is 38.7 Å². The molecule has 0 radical (unpaired) electrons. The van der Waals surface area contributed by atoms with Crippen LogP contribution in [0.5, 0.6) is 0 Å². The Bertz CT molecular complexity index is 398. The summed E-state index contributed by atoms with van der Waals surface area (Å²) in [6, 6.07) is 6.29. The highest BCUT2D eigenvalue weighted by atomic mass is 15.1. The van der Waals surface area contributed by atoms with Gasteiger partial charge in [0.2, 0.25) is 0 Å². The van der Waals surface area contributed by atoms with Gasteiger partial charge in [-0.3, -0.25) is 0 Å². The van der Waals surface area contributed by atoms with Gasteiger partial charge < -0.3 is 10.6 Å². The number of hydrogen-bond acceptors (Lipinski definition) is 2. The van der Waals surface area contributed by atoms with Crippen molar-refractivity contribution in [3.05, 3.63) is 23.8 Å². The smallest absolute Gasteiger partial charge is 0.0397 e. The highest BCUT2D eigenvalue weighted by Crippen LogP contribution is 2.29. The maximum absolute atomic E-state index is 5.83. The number of anilines is 2. The monoisotopic (exact) mass is 246 g/mol. The first kappa shape index (κ1) is 13.3. The van der Waals surface area contributed by atoms with E-state index in [1.807, 2.05) is 6.07 Å². The third kappa shape index (κ3) is 2.98. The molecule has 2 nitrogen and oxygen atoms in total. The van der Waals surface area contributed by atoms with E-state index in [4.69, 9.17) is 5.73 Å². The van der Waals surface area contributed by atoms with E-state index >= 15 is 0 Å². The van der Waals surface area contributed by atoms with E-state index in [0.717, 1.165) is 17.5 Å². The minimum absolute atomic E-state index is 0.817. The lowest BCUT2D eigenvalue weighted by Gasteiger charge is -2.25. The molecule has 2 rings (SSSR count). The first-order valence-electron chi connectivity index (χ1n) is 7.19. The largest absolute Gasteiger partial charge is 0.399 e. The minimum Gasteiger partial charge on any atom is -0.399 e. The molecule has 1 atom stereocenters. The van der Waals surface area contributed by atoms with Crippen LogP contribution in [0.25, 0.3) is 0 Å². The molecular weight excluding hydrogens is 220 g/mol. The molecule has 0 aliphatic carbocycles. The average molecular weight is 246 g/mol. The minimum atomic E-state index is 0.817. The molecule has 100 valence electrons. The van der Waals surface area contributed by atoms with E-state index in [2.05, 4.69) is 37.8 Å². The van der Waals surface area contributed by atoms with Gasteiger partial charge in [0, 0.05) is 24.5 Å². The number of aryl methyl sites for hydroxylation is 1. The van der Waals surface area contributed by atoms with E-state index in [-0.39, 0.29) is 0 Å². The Hall–Kier alpha value is -1.18. The lowest BCUT2D eigenvalue weighted by Crippen LogP contribution is -2.25. The highest BCUT2D eigenvalue weighted by Gasteiger charge is 2.20. The van der Waals surface area contributed by atoms with Crippen LogP contribution in [0.4, 0.5) is 11.4 Å². The lowest BCUT2D eigenvalue weighted by atomic mass is 9.89. The summed E-state index contributed by atoms with van der Waals surface area (Å²) in [6.45, 7) is 9.25. The van der Waals surface area contributed by atoms with Crippen LogP contribution in [0.2, 0.25) is 0 Å². The average Bonchev–Trinajstić information content (AvgIpc) is 2.54. The standard InChI is InChI=1S/C16H26N2/c1-12(2)14-5-4-9-18(10-8-14)16-7-6-15(17)11-13(16)3/h6-7,11-12,14H,4-5,8-10,17H2,1-3H3. The molecule has 1 aliphatic rings. The Kier molecular flexibility index (Phi) is 4.15. The summed E-state index contributed by atoms with van der Waals surface area (Å²) in [7, 11) is 0. The summed E-state index contributed by atoms with van der Waals surface area (Å²) in [5.41, 5.74) is 9.37. The van der Waals surface area contributed by atoms with Gasteiger partial charge in [-0.1, -0.05) is 13.8 Å². The number of hydrogen-bond donors (Lipinski definition) is 1. The van der Waals surface area contributed by atoms with Crippen LogP contribution in [0.3, 0.4) is 0 Å². The zero-order chi connectivity index (χ0) is 13.1. The second-order valence-corrected chi connectivity index (χ2v) is 5.97. The van der Waals surface area contributed by atoms with Gasteiger partial charge in [-0.2, -0.15) is 0 Å². The molecule has 0 bridgehead atoms. The molecular formula is C16H26N2. The molecule has 2 N–H and O–H groups in total. The topological polar surface area (TPSA) is 29.3 Å². The Morgan fingerprint density at radius 3 is 2.67 bits per heavy atom. The van der Waals surface area contributed by atoms with Crippen molar-refractivity contribution in [1.29, 1.82) is 0 Å². The molecule has 0 aromatic heterocycles. The van der Waals surface area contributed by atoms with E-state index < -0.39 is 0 Å². The predicted octanol–water partition coefficient (Wildman–Crippen LogP) is 3.84. The predicted molar refractivity (Wildman–Crippen MR) is 80.0 cm³/mol. The molecule has 1 fully saturated rings. The van der Waals surface area contributed by atoms with E-state index in [0.29, 0.717) is 0 Å². The van der Waals surface area contributed by atoms with E-state index in [1.165, 1.54) is 43.6 Å². The second kappa shape index (κ2) is 5.64. The number of nitrogens with zero attached hydrogens (tertiary/aromatic N) is 1. The van der Waals surface area contributed by atoms with Crippen molar-refractivity contribution in [3.63, 3.8) is 0 Å². The SMILES string of the molecule is Cc1cc(N)ccc1N1CCCC(C(C)C)CC1. The van der Waals surface area contributed by atoms with Crippen LogP contribution >= 0.6 is 0 Å².